The number of esters is 1. The third-order valence-corrected chi connectivity index (χ3v) is 9.08. The average molecular weight is 626 g/mol. The summed E-state index contributed by atoms with van der Waals surface area (Å²) in [6.45, 7) is 4.39. The Kier molecular flexibility index (Phi) is 10.6. The van der Waals surface area contributed by atoms with Crippen LogP contribution in [0.2, 0.25) is 0 Å². The molecule has 0 radical (unpaired) electrons. The van der Waals surface area contributed by atoms with Crippen LogP contribution in [-0.4, -0.2) is 43.6 Å². The van der Waals surface area contributed by atoms with Crippen molar-refractivity contribution in [3.8, 4) is 0 Å². The van der Waals surface area contributed by atoms with Crippen molar-refractivity contribution >= 4 is 15.8 Å². The topological polar surface area (TPSA) is 83.9 Å². The third-order valence-electron chi connectivity index (χ3n) is 7.30. The first-order valence-electron chi connectivity index (χ1n) is 14.1. The first-order valence-corrected chi connectivity index (χ1v) is 15.6. The summed E-state index contributed by atoms with van der Waals surface area (Å²) < 4.78 is 71.2. The number of aliphatic hydroxyl groups excluding tert-OH is 1. The number of carbonyl (C=O) groups is 1. The van der Waals surface area contributed by atoms with Gasteiger partial charge in [-0.1, -0.05) is 54.6 Å². The van der Waals surface area contributed by atoms with Crippen molar-refractivity contribution in [1.29, 1.82) is 0 Å². The van der Waals surface area contributed by atoms with Gasteiger partial charge in [0, 0.05) is 19.1 Å². The molecule has 232 valence electrons. The van der Waals surface area contributed by atoms with Gasteiger partial charge < -0.3 is 9.84 Å². The molecule has 0 unspecified atom stereocenters. The van der Waals surface area contributed by atoms with Crippen LogP contribution in [0.1, 0.15) is 52.6 Å². The Morgan fingerprint density at radius 2 is 1.48 bits per heavy atom. The van der Waals surface area contributed by atoms with Crippen LogP contribution in [-0.2, 0) is 33.7 Å². The lowest BCUT2D eigenvalue weighted by Gasteiger charge is -2.31. The van der Waals surface area contributed by atoms with Crippen LogP contribution in [0.25, 0.3) is 0 Å². The van der Waals surface area contributed by atoms with Crippen molar-refractivity contribution < 1.29 is 36.2 Å². The molecule has 0 amide bonds. The highest BCUT2D eigenvalue weighted by Gasteiger charge is 2.31. The molecule has 4 aromatic carbocycles. The first kappa shape index (κ1) is 32.9. The molecule has 10 heteroatoms. The highest BCUT2D eigenvalue weighted by atomic mass is 32.2. The van der Waals surface area contributed by atoms with Gasteiger partial charge in [0.2, 0.25) is 9.84 Å². The molecule has 4 rings (SSSR count). The smallest absolute Gasteiger partial charge is 0.416 e. The van der Waals surface area contributed by atoms with Gasteiger partial charge in [0.15, 0.2) is 0 Å². The second-order valence-electron chi connectivity index (χ2n) is 10.5. The number of sulfone groups is 1. The van der Waals surface area contributed by atoms with E-state index in [1.54, 1.807) is 19.1 Å². The van der Waals surface area contributed by atoms with Gasteiger partial charge in [-0.25, -0.2) is 13.2 Å². The van der Waals surface area contributed by atoms with E-state index in [9.17, 15) is 31.5 Å². The zero-order chi connectivity index (χ0) is 31.9. The minimum absolute atomic E-state index is 0.0456. The molecule has 0 aliphatic carbocycles. The molecule has 0 bridgehead atoms. The van der Waals surface area contributed by atoms with Gasteiger partial charge in [0.05, 0.1) is 33.6 Å². The van der Waals surface area contributed by atoms with Gasteiger partial charge in [-0.2, -0.15) is 13.2 Å². The fourth-order valence-electron chi connectivity index (χ4n) is 4.86. The van der Waals surface area contributed by atoms with E-state index in [0.29, 0.717) is 13.0 Å². The van der Waals surface area contributed by atoms with Crippen molar-refractivity contribution in [2.45, 2.75) is 54.9 Å². The fourth-order valence-corrected chi connectivity index (χ4v) is 6.12. The van der Waals surface area contributed by atoms with E-state index in [1.165, 1.54) is 48.5 Å². The molecule has 2 atom stereocenters. The van der Waals surface area contributed by atoms with E-state index in [0.717, 1.165) is 23.3 Å². The van der Waals surface area contributed by atoms with Crippen molar-refractivity contribution in [3.05, 3.63) is 131 Å². The average Bonchev–Trinajstić information content (AvgIpc) is 3.01. The predicted octanol–water partition coefficient (Wildman–Crippen LogP) is 6.88. The molecule has 0 aliphatic rings. The molecule has 44 heavy (non-hydrogen) atoms. The lowest BCUT2D eigenvalue weighted by atomic mass is 10.0. The number of rotatable bonds is 12. The number of hydrogen-bond acceptors (Lipinski definition) is 6. The first-order chi connectivity index (χ1) is 20.9. The summed E-state index contributed by atoms with van der Waals surface area (Å²) in [6, 6.07) is 26.2. The van der Waals surface area contributed by atoms with Crippen LogP contribution in [0.15, 0.2) is 113 Å². The van der Waals surface area contributed by atoms with Crippen LogP contribution in [0, 0.1) is 0 Å². The summed E-state index contributed by atoms with van der Waals surface area (Å²) >= 11 is 0. The zero-order valence-electron chi connectivity index (χ0n) is 24.4. The predicted molar refractivity (Wildman–Crippen MR) is 161 cm³/mol. The highest BCUT2D eigenvalue weighted by Crippen LogP contribution is 2.31. The number of hydrogen-bond donors (Lipinski definition) is 1. The number of carbonyl (C=O) groups excluding carboxylic acids is 1. The van der Waals surface area contributed by atoms with Gasteiger partial charge in [-0.3, -0.25) is 4.90 Å². The quantitative estimate of drug-likeness (QED) is 0.173. The number of aliphatic hydroxyl groups is 1. The Hall–Kier alpha value is -3.99. The maximum Gasteiger partial charge on any atom is 0.416 e. The van der Waals surface area contributed by atoms with Gasteiger partial charge in [0.1, 0.15) is 0 Å². The van der Waals surface area contributed by atoms with Gasteiger partial charge in [0.25, 0.3) is 0 Å². The second-order valence-corrected chi connectivity index (χ2v) is 12.4. The SMILES string of the molecule is CCOC(=O)c1ccc(S(=O)(=O)c2ccc(C[C@@H](C)N(Cc3ccccc3)C[C@@H](O)c3cccc(C(F)(F)F)c3)cc2)cc1. The van der Waals surface area contributed by atoms with Crippen LogP contribution in [0.5, 0.6) is 0 Å². The van der Waals surface area contributed by atoms with E-state index < -0.39 is 33.7 Å². The molecule has 0 saturated heterocycles. The number of alkyl halides is 3. The molecule has 0 fully saturated rings. The molecular formula is C34H34F3NO5S. The molecule has 1 N–H and O–H groups in total. The minimum atomic E-state index is -4.52. The minimum Gasteiger partial charge on any atom is -0.462 e. The molecular weight excluding hydrogens is 591 g/mol. The lowest BCUT2D eigenvalue weighted by Crippen LogP contribution is -2.37. The van der Waals surface area contributed by atoms with Crippen molar-refractivity contribution in [2.75, 3.05) is 13.2 Å². The van der Waals surface area contributed by atoms with Crippen LogP contribution in [0.4, 0.5) is 13.2 Å². The summed E-state index contributed by atoms with van der Waals surface area (Å²) in [6.07, 6.45) is -5.18. The Morgan fingerprint density at radius 3 is 2.07 bits per heavy atom. The molecule has 0 saturated carbocycles. The monoisotopic (exact) mass is 625 g/mol. The van der Waals surface area contributed by atoms with E-state index >= 15 is 0 Å². The van der Waals surface area contributed by atoms with Gasteiger partial charge in [-0.15, -0.1) is 0 Å². The second kappa shape index (κ2) is 14.2. The summed E-state index contributed by atoms with van der Waals surface area (Å²) in [5.74, 6) is -0.529. The van der Waals surface area contributed by atoms with Crippen LogP contribution < -0.4 is 0 Å². The summed E-state index contributed by atoms with van der Waals surface area (Å²) in [7, 11) is -3.83. The van der Waals surface area contributed by atoms with E-state index in [1.807, 2.05) is 42.2 Å². The summed E-state index contributed by atoms with van der Waals surface area (Å²) in [4.78, 5) is 14.0. The standard InChI is InChI=1S/C34H34F3NO5S/c1-3-43-33(40)27-14-18-31(19-15-27)44(41,42)30-16-12-25(13-17-30)20-24(2)38(22-26-8-5-4-6-9-26)23-32(39)28-10-7-11-29(21-28)34(35,36)37/h4-19,21,24,32,39H,3,20,22-23H2,1-2H3/t24-,32-/m1/s1. The van der Waals surface area contributed by atoms with Gasteiger partial charge >= 0.3 is 12.1 Å². The van der Waals surface area contributed by atoms with Crippen molar-refractivity contribution in [2.24, 2.45) is 0 Å². The Balaban J connectivity index is 1.50. The van der Waals surface area contributed by atoms with Crippen LogP contribution >= 0.6 is 0 Å². The Bertz CT molecular complexity index is 1640. The summed E-state index contributed by atoms with van der Waals surface area (Å²) in [5, 5.41) is 11.0. The zero-order valence-corrected chi connectivity index (χ0v) is 25.2. The van der Waals surface area contributed by atoms with E-state index in [2.05, 4.69) is 0 Å². The molecule has 0 aromatic heterocycles. The van der Waals surface area contributed by atoms with Crippen molar-refractivity contribution in [1.82, 2.24) is 4.90 Å². The van der Waals surface area contributed by atoms with Gasteiger partial charge in [-0.05, 0) is 85.5 Å². The molecule has 0 spiro atoms. The number of benzene rings is 4. The molecule has 4 aromatic rings. The lowest BCUT2D eigenvalue weighted by molar-refractivity contribution is -0.137. The summed E-state index contributed by atoms with van der Waals surface area (Å²) in [5.41, 5.74) is 1.44. The van der Waals surface area contributed by atoms with Crippen LogP contribution in [0.3, 0.4) is 0 Å². The normalized spacial score (nSPS) is 13.4. The van der Waals surface area contributed by atoms with E-state index in [4.69, 9.17) is 4.74 Å². The Labute approximate surface area is 255 Å². The maximum atomic E-state index is 13.3. The molecule has 6 nitrogen and oxygen atoms in total. The number of ether oxygens (including phenoxy) is 1. The molecule has 0 aliphatic heterocycles. The number of nitrogens with zero attached hydrogens (tertiary/aromatic N) is 1. The molecule has 0 heterocycles. The highest BCUT2D eigenvalue weighted by molar-refractivity contribution is 7.91. The number of halogens is 3. The third kappa shape index (κ3) is 8.34. The van der Waals surface area contributed by atoms with Crippen molar-refractivity contribution in [3.63, 3.8) is 0 Å². The Morgan fingerprint density at radius 1 is 0.864 bits per heavy atom. The van der Waals surface area contributed by atoms with E-state index in [-0.39, 0.29) is 40.1 Å². The largest absolute Gasteiger partial charge is 0.462 e. The maximum absolute atomic E-state index is 13.3. The fraction of sp³-hybridized carbons (Fsp3) is 0.265.